The summed E-state index contributed by atoms with van der Waals surface area (Å²) in [5.74, 6) is 0. The predicted octanol–water partition coefficient (Wildman–Crippen LogP) is 0.688. The third-order valence-electron chi connectivity index (χ3n) is 1.30. The van der Waals surface area contributed by atoms with Crippen LogP contribution in [-0.2, 0) is 0 Å². The Morgan fingerprint density at radius 1 is 1.75 bits per heavy atom. The lowest BCUT2D eigenvalue weighted by atomic mass is 10.6. The molecule has 12 heavy (non-hydrogen) atoms. The van der Waals surface area contributed by atoms with Crippen molar-refractivity contribution in [1.29, 1.82) is 5.26 Å². The molecule has 0 atom stereocenters. The minimum atomic E-state index is 0.750. The fourth-order valence-corrected chi connectivity index (χ4v) is 0.873. The van der Waals surface area contributed by atoms with E-state index in [1.54, 1.807) is 0 Å². The summed E-state index contributed by atoms with van der Waals surface area (Å²) >= 11 is 0. The minimum absolute atomic E-state index is 0.750. The summed E-state index contributed by atoms with van der Waals surface area (Å²) in [4.78, 5) is 4.32. The molecule has 1 N–H and O–H groups in total. The third-order valence-corrected chi connectivity index (χ3v) is 1.30. The lowest BCUT2D eigenvalue weighted by Crippen LogP contribution is -2.21. The van der Waals surface area contributed by atoms with Crippen molar-refractivity contribution in [2.45, 2.75) is 0 Å². The maximum absolute atomic E-state index is 6.88. The molecular formula is C8H13N3O. The molecule has 66 valence electrons. The number of nitriles is 1. The number of aliphatic hydroxyl groups excluding tert-OH is 1. The summed E-state index contributed by atoms with van der Waals surface area (Å²) in [5.41, 5.74) is 0. The van der Waals surface area contributed by atoms with Crippen LogP contribution >= 0.6 is 0 Å². The zero-order valence-corrected chi connectivity index (χ0v) is 7.14. The molecule has 4 nitrogen and oxygen atoms in total. The molecule has 4 heteroatoms. The first kappa shape index (κ1) is 10.4. The molecule has 0 amide bonds. The van der Waals surface area contributed by atoms with Gasteiger partial charge in [-0.15, -0.1) is 6.58 Å². The van der Waals surface area contributed by atoms with E-state index in [9.17, 15) is 0 Å². The maximum Gasteiger partial charge on any atom is 0.283 e. The highest BCUT2D eigenvalue weighted by Gasteiger charge is 2.04. The molecule has 0 saturated heterocycles. The molecule has 0 aromatic carbocycles. The van der Waals surface area contributed by atoms with Gasteiger partial charge in [0.05, 0.1) is 6.67 Å². The summed E-state index contributed by atoms with van der Waals surface area (Å²) < 4.78 is 0. The standard InChI is InChI=1S/C7H12N2.CHNO/c1-3-4-9-6-5-8(2)7-9;2-1-3/h3,5-6H,1,4,7H2,2H3;3H. The van der Waals surface area contributed by atoms with Crippen LogP contribution in [0.1, 0.15) is 0 Å². The molecule has 0 unspecified atom stereocenters. The van der Waals surface area contributed by atoms with Crippen LogP contribution in [0, 0.1) is 11.5 Å². The zero-order chi connectivity index (χ0) is 9.40. The van der Waals surface area contributed by atoms with E-state index in [1.165, 1.54) is 0 Å². The lowest BCUT2D eigenvalue weighted by Gasteiger charge is -2.15. The number of hydrogen-bond acceptors (Lipinski definition) is 4. The molecule has 0 saturated carbocycles. The van der Waals surface area contributed by atoms with E-state index in [1.807, 2.05) is 6.08 Å². The van der Waals surface area contributed by atoms with E-state index >= 15 is 0 Å². The Morgan fingerprint density at radius 2 is 2.33 bits per heavy atom. The average Bonchev–Trinajstić information content (AvgIpc) is 2.38. The van der Waals surface area contributed by atoms with Crippen LogP contribution in [0.4, 0.5) is 0 Å². The molecule has 0 spiro atoms. The lowest BCUT2D eigenvalue weighted by molar-refractivity contribution is 0.318. The highest BCUT2D eigenvalue weighted by atomic mass is 16.2. The van der Waals surface area contributed by atoms with Gasteiger partial charge in [0, 0.05) is 26.0 Å². The second-order valence-corrected chi connectivity index (χ2v) is 2.36. The van der Waals surface area contributed by atoms with Gasteiger partial charge in [0.25, 0.3) is 6.26 Å². The molecule has 1 heterocycles. The largest absolute Gasteiger partial charge is 0.443 e. The first-order valence-corrected chi connectivity index (χ1v) is 3.51. The van der Waals surface area contributed by atoms with Gasteiger partial charge >= 0.3 is 0 Å². The van der Waals surface area contributed by atoms with Gasteiger partial charge in [-0.3, -0.25) is 0 Å². The summed E-state index contributed by atoms with van der Waals surface area (Å²) in [6, 6.07) is 0. The van der Waals surface area contributed by atoms with Gasteiger partial charge in [-0.05, 0) is 0 Å². The van der Waals surface area contributed by atoms with E-state index < -0.39 is 0 Å². The minimum Gasteiger partial charge on any atom is -0.443 e. The van der Waals surface area contributed by atoms with Crippen molar-refractivity contribution >= 4 is 0 Å². The molecule has 0 aliphatic carbocycles. The second kappa shape index (κ2) is 6.10. The quantitative estimate of drug-likeness (QED) is 0.485. The smallest absolute Gasteiger partial charge is 0.283 e. The van der Waals surface area contributed by atoms with E-state index in [0.717, 1.165) is 19.5 Å². The Morgan fingerprint density at radius 3 is 2.67 bits per heavy atom. The maximum atomic E-state index is 6.88. The number of aliphatic hydroxyl groups is 1. The highest BCUT2D eigenvalue weighted by molar-refractivity contribution is 4.91. The van der Waals surface area contributed by atoms with E-state index in [-0.39, 0.29) is 0 Å². The van der Waals surface area contributed by atoms with Crippen molar-refractivity contribution in [2.75, 3.05) is 20.3 Å². The summed E-state index contributed by atoms with van der Waals surface area (Å²) in [6.07, 6.45) is 6.79. The van der Waals surface area contributed by atoms with Crippen molar-refractivity contribution in [3.8, 4) is 6.26 Å². The van der Waals surface area contributed by atoms with E-state index in [2.05, 4.69) is 35.8 Å². The molecule has 0 aromatic heterocycles. The third kappa shape index (κ3) is 4.23. The van der Waals surface area contributed by atoms with Crippen molar-refractivity contribution in [2.24, 2.45) is 0 Å². The van der Waals surface area contributed by atoms with Crippen molar-refractivity contribution in [1.82, 2.24) is 9.80 Å². The SMILES string of the molecule is C=CCN1C=CN(C)C1.N#CO. The summed E-state index contributed by atoms with van der Waals surface area (Å²) in [7, 11) is 2.06. The Kier molecular flexibility index (Phi) is 5.28. The van der Waals surface area contributed by atoms with Crippen molar-refractivity contribution in [3.05, 3.63) is 25.1 Å². The number of nitrogens with zero attached hydrogens (tertiary/aromatic N) is 3. The molecule has 1 rings (SSSR count). The fourth-order valence-electron chi connectivity index (χ4n) is 0.873. The summed E-state index contributed by atoms with van der Waals surface area (Å²) in [5, 5.41) is 13.8. The van der Waals surface area contributed by atoms with Crippen LogP contribution in [0.3, 0.4) is 0 Å². The normalized spacial score (nSPS) is 13.3. The Hall–Kier alpha value is -1.63. The van der Waals surface area contributed by atoms with Gasteiger partial charge in [0.1, 0.15) is 0 Å². The Balaban J connectivity index is 0.000000354. The van der Waals surface area contributed by atoms with Crippen molar-refractivity contribution < 1.29 is 5.11 Å². The molecule has 0 radical (unpaired) electrons. The molecule has 1 aliphatic heterocycles. The van der Waals surface area contributed by atoms with Crippen LogP contribution in [0.15, 0.2) is 25.1 Å². The predicted molar refractivity (Wildman–Crippen MR) is 46.2 cm³/mol. The first-order valence-electron chi connectivity index (χ1n) is 3.51. The van der Waals surface area contributed by atoms with Gasteiger partial charge < -0.3 is 14.9 Å². The molecule has 0 bridgehead atoms. The van der Waals surface area contributed by atoms with Crippen LogP contribution in [-0.4, -0.2) is 35.2 Å². The fraction of sp³-hybridized carbons (Fsp3) is 0.375. The molecular weight excluding hydrogens is 154 g/mol. The van der Waals surface area contributed by atoms with E-state index in [4.69, 9.17) is 10.4 Å². The van der Waals surface area contributed by atoms with E-state index in [0.29, 0.717) is 0 Å². The Bertz CT molecular complexity index is 195. The van der Waals surface area contributed by atoms with Gasteiger partial charge in [0.2, 0.25) is 0 Å². The highest BCUT2D eigenvalue weighted by Crippen LogP contribution is 2.01. The average molecular weight is 167 g/mol. The van der Waals surface area contributed by atoms with Gasteiger partial charge in [-0.1, -0.05) is 6.08 Å². The Labute approximate surface area is 72.6 Å². The molecule has 1 aliphatic rings. The second-order valence-electron chi connectivity index (χ2n) is 2.36. The van der Waals surface area contributed by atoms with Crippen LogP contribution in [0.2, 0.25) is 0 Å². The van der Waals surface area contributed by atoms with Crippen molar-refractivity contribution in [3.63, 3.8) is 0 Å². The van der Waals surface area contributed by atoms with Crippen LogP contribution < -0.4 is 0 Å². The van der Waals surface area contributed by atoms with Gasteiger partial charge in [-0.25, -0.2) is 0 Å². The number of rotatable bonds is 2. The van der Waals surface area contributed by atoms with Crippen LogP contribution in [0.25, 0.3) is 0 Å². The summed E-state index contributed by atoms with van der Waals surface area (Å²) in [6.45, 7) is 5.59. The molecule has 0 aromatic rings. The number of hydrogen-bond donors (Lipinski definition) is 1. The van der Waals surface area contributed by atoms with Crippen LogP contribution in [0.5, 0.6) is 0 Å². The van der Waals surface area contributed by atoms with Gasteiger partial charge in [-0.2, -0.15) is 5.26 Å². The first-order chi connectivity index (χ1) is 5.74. The molecule has 0 fully saturated rings. The monoisotopic (exact) mass is 167 g/mol. The van der Waals surface area contributed by atoms with Gasteiger partial charge in [0.15, 0.2) is 0 Å². The zero-order valence-electron chi connectivity index (χ0n) is 7.14. The topological polar surface area (TPSA) is 50.5 Å².